The molecular weight excluding hydrogens is 518 g/mol. The van der Waals surface area contributed by atoms with E-state index >= 15 is 8.78 Å². The minimum atomic E-state index is -0.903. The predicted molar refractivity (Wildman–Crippen MR) is 147 cm³/mol. The molecule has 2 fully saturated rings. The van der Waals surface area contributed by atoms with Gasteiger partial charge in [0.25, 0.3) is 0 Å². The van der Waals surface area contributed by atoms with Crippen molar-refractivity contribution < 1.29 is 27.7 Å². The highest BCUT2D eigenvalue weighted by molar-refractivity contribution is 6.09. The fourth-order valence-electron chi connectivity index (χ4n) is 5.18. The third-order valence-electron chi connectivity index (χ3n) is 7.68. The van der Waals surface area contributed by atoms with E-state index in [1.165, 1.54) is 6.20 Å². The molecule has 0 unspecified atom stereocenters. The van der Waals surface area contributed by atoms with Gasteiger partial charge in [0.1, 0.15) is 6.10 Å². The van der Waals surface area contributed by atoms with Crippen LogP contribution in [-0.2, 0) is 21.3 Å². The Bertz CT molecular complexity index is 1450. The normalized spacial score (nSPS) is 19.2. The number of aromatic nitrogens is 3. The van der Waals surface area contributed by atoms with E-state index in [-0.39, 0.29) is 23.2 Å². The number of aryl methyl sites for hydroxylation is 1. The van der Waals surface area contributed by atoms with Gasteiger partial charge in [0.05, 0.1) is 23.2 Å². The first kappa shape index (κ1) is 27.0. The van der Waals surface area contributed by atoms with Crippen molar-refractivity contribution in [3.63, 3.8) is 0 Å². The number of fused-ring (bicyclic) bond motifs is 3. The largest absolute Gasteiger partial charge is 0.474 e. The lowest BCUT2D eigenvalue weighted by molar-refractivity contribution is -0.0665. The summed E-state index contributed by atoms with van der Waals surface area (Å²) in [6, 6.07) is 6.85. The van der Waals surface area contributed by atoms with E-state index in [2.05, 4.69) is 15.3 Å². The molecular formula is C30H34F2N4O4. The summed E-state index contributed by atoms with van der Waals surface area (Å²) in [5.74, 6) is -1.33. The molecule has 10 heteroatoms. The molecule has 0 atom stereocenters. The first-order chi connectivity index (χ1) is 19.6. The quantitative estimate of drug-likeness (QED) is 0.239. The summed E-state index contributed by atoms with van der Waals surface area (Å²) in [5, 5.41) is 4.00. The zero-order chi connectivity index (χ0) is 27.5. The van der Waals surface area contributed by atoms with Gasteiger partial charge in [-0.15, -0.1) is 0 Å². The van der Waals surface area contributed by atoms with Crippen molar-refractivity contribution in [2.75, 3.05) is 39.5 Å². The molecule has 8 nitrogen and oxygen atoms in total. The van der Waals surface area contributed by atoms with Crippen LogP contribution in [-0.4, -0.2) is 72.4 Å². The molecule has 4 heterocycles. The average molecular weight is 553 g/mol. The Morgan fingerprint density at radius 1 is 0.900 bits per heavy atom. The third-order valence-corrected chi connectivity index (χ3v) is 7.68. The lowest BCUT2D eigenvalue weighted by atomic mass is 9.92. The van der Waals surface area contributed by atoms with Crippen LogP contribution in [0.25, 0.3) is 32.9 Å². The summed E-state index contributed by atoms with van der Waals surface area (Å²) in [6.45, 7) is 4.72. The van der Waals surface area contributed by atoms with E-state index in [4.69, 9.17) is 18.9 Å². The van der Waals surface area contributed by atoms with Crippen LogP contribution in [0.15, 0.2) is 42.9 Å². The first-order valence-electron chi connectivity index (χ1n) is 13.9. The monoisotopic (exact) mass is 552 g/mol. The Kier molecular flexibility index (Phi) is 8.20. The zero-order valence-electron chi connectivity index (χ0n) is 22.6. The summed E-state index contributed by atoms with van der Waals surface area (Å²) >= 11 is 0. The molecule has 2 aliphatic rings. The van der Waals surface area contributed by atoms with Gasteiger partial charge in [-0.05, 0) is 31.0 Å². The number of hydrogen-bond donors (Lipinski definition) is 1. The first-order valence-corrected chi connectivity index (χ1v) is 13.9. The molecule has 1 aromatic carbocycles. The molecule has 1 aliphatic carbocycles. The fraction of sp³-hybridized carbons (Fsp3) is 0.467. The van der Waals surface area contributed by atoms with Gasteiger partial charge in [-0.25, -0.2) is 13.8 Å². The molecule has 0 amide bonds. The topological polar surface area (TPSA) is 79.7 Å². The highest BCUT2D eigenvalue weighted by Gasteiger charge is 2.32. The molecule has 212 valence electrons. The van der Waals surface area contributed by atoms with Crippen LogP contribution in [0.1, 0.15) is 25.7 Å². The lowest BCUT2D eigenvalue weighted by Gasteiger charge is -2.34. The maximum atomic E-state index is 15.2. The standard InChI is InChI=1S/C30H34F2N4O4/c1-36-25-6-7-33-18-24(25)28-26(36)14-23(29(31)30(28)32)19-4-5-27(35-15-19)40-21-12-20(13-21)38-10-2-8-37-9-3-11-39-22-16-34-17-22/h4-7,14-15,18,20-22,34H,2-3,8-13,16-17H2,1H3. The Labute approximate surface area is 231 Å². The molecule has 6 rings (SSSR count). The third kappa shape index (κ3) is 5.67. The molecule has 1 saturated carbocycles. The molecule has 0 spiro atoms. The van der Waals surface area contributed by atoms with Crippen molar-refractivity contribution in [1.29, 1.82) is 0 Å². The van der Waals surface area contributed by atoms with Crippen molar-refractivity contribution >= 4 is 21.8 Å². The number of rotatable bonds is 13. The number of nitrogens with zero attached hydrogens (tertiary/aromatic N) is 3. The highest BCUT2D eigenvalue weighted by atomic mass is 19.2. The second-order valence-electron chi connectivity index (χ2n) is 10.5. The summed E-state index contributed by atoms with van der Waals surface area (Å²) in [4.78, 5) is 8.43. The lowest BCUT2D eigenvalue weighted by Crippen LogP contribution is -2.48. The molecule has 0 radical (unpaired) electrons. The van der Waals surface area contributed by atoms with Crippen LogP contribution in [0.4, 0.5) is 8.78 Å². The number of pyridine rings is 2. The summed E-state index contributed by atoms with van der Waals surface area (Å²) in [6.07, 6.45) is 8.67. The van der Waals surface area contributed by atoms with E-state index < -0.39 is 11.6 Å². The second kappa shape index (κ2) is 12.1. The van der Waals surface area contributed by atoms with Crippen LogP contribution in [0.3, 0.4) is 0 Å². The second-order valence-corrected chi connectivity index (χ2v) is 10.5. The number of nitrogens with one attached hydrogen (secondary N) is 1. The van der Waals surface area contributed by atoms with Gasteiger partial charge < -0.3 is 28.8 Å². The van der Waals surface area contributed by atoms with E-state index in [0.717, 1.165) is 50.9 Å². The molecule has 40 heavy (non-hydrogen) atoms. The number of benzene rings is 1. The highest BCUT2D eigenvalue weighted by Crippen LogP contribution is 2.36. The molecule has 4 aromatic rings. The maximum Gasteiger partial charge on any atom is 0.213 e. The van der Waals surface area contributed by atoms with E-state index in [0.29, 0.717) is 48.3 Å². The molecule has 3 aromatic heterocycles. The van der Waals surface area contributed by atoms with E-state index in [9.17, 15) is 0 Å². The minimum absolute atomic E-state index is 0.0282. The number of hydrogen-bond acceptors (Lipinski definition) is 7. The number of ether oxygens (including phenoxy) is 4. The summed E-state index contributed by atoms with van der Waals surface area (Å²) in [7, 11) is 1.83. The van der Waals surface area contributed by atoms with Gasteiger partial charge in [-0.1, -0.05) is 0 Å². The average Bonchev–Trinajstić information content (AvgIpc) is 3.21. The van der Waals surface area contributed by atoms with Gasteiger partial charge >= 0.3 is 0 Å². The minimum Gasteiger partial charge on any atom is -0.474 e. The molecule has 1 saturated heterocycles. The molecule has 1 aliphatic heterocycles. The van der Waals surface area contributed by atoms with E-state index in [1.54, 1.807) is 36.7 Å². The Morgan fingerprint density at radius 3 is 2.38 bits per heavy atom. The molecule has 1 N–H and O–H groups in total. The van der Waals surface area contributed by atoms with Crippen LogP contribution in [0.2, 0.25) is 0 Å². The van der Waals surface area contributed by atoms with Crippen LogP contribution >= 0.6 is 0 Å². The summed E-state index contributed by atoms with van der Waals surface area (Å²) < 4.78 is 55.3. The summed E-state index contributed by atoms with van der Waals surface area (Å²) in [5.41, 5.74) is 2.02. The van der Waals surface area contributed by atoms with Crippen molar-refractivity contribution in [2.45, 2.75) is 44.0 Å². The predicted octanol–water partition coefficient (Wildman–Crippen LogP) is 4.78. The Hall–Kier alpha value is -3.18. The Balaban J connectivity index is 0.946. The number of halogens is 2. The van der Waals surface area contributed by atoms with Crippen LogP contribution in [0, 0.1) is 11.6 Å². The van der Waals surface area contributed by atoms with Gasteiger partial charge in [0.15, 0.2) is 11.6 Å². The van der Waals surface area contributed by atoms with Crippen molar-refractivity contribution in [3.8, 4) is 17.0 Å². The van der Waals surface area contributed by atoms with Crippen LogP contribution in [0.5, 0.6) is 5.88 Å². The Morgan fingerprint density at radius 2 is 1.68 bits per heavy atom. The SMILES string of the molecule is Cn1c2ccncc2c2c(F)c(F)c(-c3ccc(OC4CC(OCCCOCCCOC5CNC5)C4)nc3)cc21. The van der Waals surface area contributed by atoms with Crippen molar-refractivity contribution in [2.24, 2.45) is 7.05 Å². The smallest absolute Gasteiger partial charge is 0.213 e. The maximum absolute atomic E-state index is 15.2. The van der Waals surface area contributed by atoms with Crippen molar-refractivity contribution in [3.05, 3.63) is 54.5 Å². The van der Waals surface area contributed by atoms with Crippen molar-refractivity contribution in [1.82, 2.24) is 19.9 Å². The van der Waals surface area contributed by atoms with E-state index in [1.807, 2.05) is 11.6 Å². The van der Waals surface area contributed by atoms with Crippen LogP contribution < -0.4 is 10.1 Å². The van der Waals surface area contributed by atoms with Gasteiger partial charge in [0, 0.05) is 106 Å². The van der Waals surface area contributed by atoms with Gasteiger partial charge in [0.2, 0.25) is 5.88 Å². The fourth-order valence-corrected chi connectivity index (χ4v) is 5.18. The van der Waals surface area contributed by atoms with Gasteiger partial charge in [-0.2, -0.15) is 0 Å². The molecule has 0 bridgehead atoms. The van der Waals surface area contributed by atoms with Gasteiger partial charge in [-0.3, -0.25) is 4.98 Å². The zero-order valence-corrected chi connectivity index (χ0v) is 22.6.